The van der Waals surface area contributed by atoms with E-state index in [1.165, 1.54) is 18.4 Å². The fourth-order valence-corrected chi connectivity index (χ4v) is 3.26. The monoisotopic (exact) mass is 316 g/mol. The van der Waals surface area contributed by atoms with Gasteiger partial charge in [0.15, 0.2) is 0 Å². The second kappa shape index (κ2) is 7.82. The van der Waals surface area contributed by atoms with Gasteiger partial charge in [0.05, 0.1) is 7.11 Å². The Bertz CT molecular complexity index is 511. The van der Waals surface area contributed by atoms with E-state index in [0.29, 0.717) is 18.4 Å². The number of carbonyl (C=O) groups is 1. The average Bonchev–Trinajstić information content (AvgIpc) is 3.40. The summed E-state index contributed by atoms with van der Waals surface area (Å²) in [6.07, 6.45) is 6.40. The van der Waals surface area contributed by atoms with Crippen LogP contribution in [0.5, 0.6) is 5.75 Å². The highest BCUT2D eigenvalue weighted by Gasteiger charge is 2.28. The fraction of sp³-hybridized carbons (Fsp3) is 0.632. The standard InChI is InChI=1S/C19H28N2O2/c1-23-18-7-4-15(5-8-18)10-12-20-17-6-9-19(22)21(13-11-17)14-16-2-3-16/h4-5,7-8,16-17,20H,2-3,6,9-14H2,1H3. The van der Waals surface area contributed by atoms with Crippen LogP contribution in [0, 0.1) is 5.92 Å². The summed E-state index contributed by atoms with van der Waals surface area (Å²) in [6, 6.07) is 8.73. The van der Waals surface area contributed by atoms with Crippen molar-refractivity contribution in [2.75, 3.05) is 26.7 Å². The number of likely N-dealkylation sites (tertiary alicyclic amines) is 1. The van der Waals surface area contributed by atoms with Gasteiger partial charge in [-0.2, -0.15) is 0 Å². The van der Waals surface area contributed by atoms with Crippen LogP contribution in [-0.4, -0.2) is 43.6 Å². The first kappa shape index (κ1) is 16.3. The molecule has 4 nitrogen and oxygen atoms in total. The molecule has 2 aliphatic rings. The van der Waals surface area contributed by atoms with Gasteiger partial charge in [-0.05, 0) is 62.3 Å². The van der Waals surface area contributed by atoms with Crippen molar-refractivity contribution in [1.29, 1.82) is 0 Å². The van der Waals surface area contributed by atoms with Gasteiger partial charge in [0, 0.05) is 25.6 Å². The van der Waals surface area contributed by atoms with Crippen LogP contribution < -0.4 is 10.1 Å². The number of hydrogen-bond donors (Lipinski definition) is 1. The van der Waals surface area contributed by atoms with E-state index in [-0.39, 0.29) is 0 Å². The Morgan fingerprint density at radius 3 is 2.65 bits per heavy atom. The molecule has 23 heavy (non-hydrogen) atoms. The number of nitrogens with one attached hydrogen (secondary N) is 1. The number of amides is 1. The molecule has 1 aliphatic heterocycles. The summed E-state index contributed by atoms with van der Waals surface area (Å²) in [6.45, 7) is 2.89. The van der Waals surface area contributed by atoms with E-state index in [0.717, 1.165) is 50.6 Å². The van der Waals surface area contributed by atoms with Gasteiger partial charge in [-0.25, -0.2) is 0 Å². The molecule has 4 heteroatoms. The Kier molecular flexibility index (Phi) is 5.55. The Morgan fingerprint density at radius 2 is 1.96 bits per heavy atom. The van der Waals surface area contributed by atoms with Gasteiger partial charge in [-0.1, -0.05) is 12.1 Å². The zero-order valence-electron chi connectivity index (χ0n) is 14.1. The molecule has 0 aromatic heterocycles. The topological polar surface area (TPSA) is 41.6 Å². The summed E-state index contributed by atoms with van der Waals surface area (Å²) in [5, 5.41) is 3.64. The number of carbonyl (C=O) groups excluding carboxylic acids is 1. The first-order chi connectivity index (χ1) is 11.2. The lowest BCUT2D eigenvalue weighted by atomic mass is 10.1. The van der Waals surface area contributed by atoms with E-state index >= 15 is 0 Å². The van der Waals surface area contributed by atoms with E-state index < -0.39 is 0 Å². The third kappa shape index (κ3) is 4.96. The van der Waals surface area contributed by atoms with Crippen LogP contribution >= 0.6 is 0 Å². The third-order valence-corrected chi connectivity index (χ3v) is 4.99. The summed E-state index contributed by atoms with van der Waals surface area (Å²) in [4.78, 5) is 14.3. The zero-order chi connectivity index (χ0) is 16.1. The molecule has 1 atom stereocenters. The lowest BCUT2D eigenvalue weighted by molar-refractivity contribution is -0.130. The maximum absolute atomic E-state index is 12.2. The molecule has 126 valence electrons. The van der Waals surface area contributed by atoms with Gasteiger partial charge >= 0.3 is 0 Å². The van der Waals surface area contributed by atoms with Crippen LogP contribution in [0.2, 0.25) is 0 Å². The van der Waals surface area contributed by atoms with E-state index in [9.17, 15) is 4.79 Å². The summed E-state index contributed by atoms with van der Waals surface area (Å²) in [5.74, 6) is 2.05. The Balaban J connectivity index is 1.40. The minimum atomic E-state index is 0.358. The molecule has 1 amide bonds. The number of benzene rings is 1. The molecule has 1 N–H and O–H groups in total. The molecular formula is C19H28N2O2. The molecule has 1 unspecified atom stereocenters. The van der Waals surface area contributed by atoms with Crippen molar-refractivity contribution in [3.8, 4) is 5.75 Å². The summed E-state index contributed by atoms with van der Waals surface area (Å²) in [7, 11) is 1.69. The molecule has 1 saturated heterocycles. The smallest absolute Gasteiger partial charge is 0.222 e. The second-order valence-electron chi connectivity index (χ2n) is 6.86. The van der Waals surface area contributed by atoms with Gasteiger partial charge < -0.3 is 15.0 Å². The molecule has 3 rings (SSSR count). The van der Waals surface area contributed by atoms with E-state index in [1.807, 2.05) is 12.1 Å². The van der Waals surface area contributed by atoms with Crippen LogP contribution in [0.15, 0.2) is 24.3 Å². The van der Waals surface area contributed by atoms with Gasteiger partial charge in [0.2, 0.25) is 5.91 Å². The molecule has 1 aliphatic carbocycles. The molecule has 0 spiro atoms. The molecule has 1 aromatic carbocycles. The first-order valence-corrected chi connectivity index (χ1v) is 8.88. The van der Waals surface area contributed by atoms with Crippen molar-refractivity contribution in [3.05, 3.63) is 29.8 Å². The number of methoxy groups -OCH3 is 1. The highest BCUT2D eigenvalue weighted by molar-refractivity contribution is 5.76. The van der Waals surface area contributed by atoms with Crippen LogP contribution in [0.1, 0.15) is 37.7 Å². The highest BCUT2D eigenvalue weighted by atomic mass is 16.5. The SMILES string of the molecule is COc1ccc(CCNC2CCC(=O)N(CC3CC3)CC2)cc1. The Hall–Kier alpha value is -1.55. The predicted molar refractivity (Wildman–Crippen MR) is 91.6 cm³/mol. The lowest BCUT2D eigenvalue weighted by Crippen LogP contribution is -2.34. The minimum Gasteiger partial charge on any atom is -0.497 e. The zero-order valence-corrected chi connectivity index (χ0v) is 14.1. The Labute approximate surface area is 139 Å². The minimum absolute atomic E-state index is 0.358. The number of ether oxygens (including phenoxy) is 1. The largest absolute Gasteiger partial charge is 0.497 e. The van der Waals surface area contributed by atoms with Gasteiger partial charge in [-0.3, -0.25) is 4.79 Å². The van der Waals surface area contributed by atoms with Crippen molar-refractivity contribution in [2.24, 2.45) is 5.92 Å². The molecule has 2 fully saturated rings. The molecule has 1 saturated carbocycles. The average molecular weight is 316 g/mol. The molecule has 1 aromatic rings. The van der Waals surface area contributed by atoms with Crippen LogP contribution in [0.25, 0.3) is 0 Å². The quantitative estimate of drug-likeness (QED) is 0.841. The van der Waals surface area contributed by atoms with Crippen molar-refractivity contribution < 1.29 is 9.53 Å². The second-order valence-corrected chi connectivity index (χ2v) is 6.86. The number of nitrogens with zero attached hydrogens (tertiary/aromatic N) is 1. The number of rotatable bonds is 7. The lowest BCUT2D eigenvalue weighted by Gasteiger charge is -2.21. The van der Waals surface area contributed by atoms with E-state index in [1.54, 1.807) is 7.11 Å². The van der Waals surface area contributed by atoms with E-state index in [2.05, 4.69) is 22.3 Å². The molecule has 0 radical (unpaired) electrons. The van der Waals surface area contributed by atoms with Crippen molar-refractivity contribution >= 4 is 5.91 Å². The van der Waals surface area contributed by atoms with E-state index in [4.69, 9.17) is 4.74 Å². The fourth-order valence-electron chi connectivity index (χ4n) is 3.26. The third-order valence-electron chi connectivity index (χ3n) is 4.99. The summed E-state index contributed by atoms with van der Waals surface area (Å²) >= 11 is 0. The maximum Gasteiger partial charge on any atom is 0.222 e. The summed E-state index contributed by atoms with van der Waals surface area (Å²) < 4.78 is 5.18. The van der Waals surface area contributed by atoms with Crippen LogP contribution in [0.3, 0.4) is 0 Å². The van der Waals surface area contributed by atoms with Gasteiger partial charge in [0.25, 0.3) is 0 Å². The normalized spacial score (nSPS) is 22.0. The summed E-state index contributed by atoms with van der Waals surface area (Å²) in [5.41, 5.74) is 1.32. The molecular weight excluding hydrogens is 288 g/mol. The first-order valence-electron chi connectivity index (χ1n) is 8.88. The van der Waals surface area contributed by atoms with Crippen molar-refractivity contribution in [1.82, 2.24) is 10.2 Å². The van der Waals surface area contributed by atoms with Crippen LogP contribution in [0.4, 0.5) is 0 Å². The van der Waals surface area contributed by atoms with Crippen molar-refractivity contribution in [2.45, 2.75) is 44.6 Å². The maximum atomic E-state index is 12.2. The molecule has 0 bridgehead atoms. The van der Waals surface area contributed by atoms with Gasteiger partial charge in [0.1, 0.15) is 5.75 Å². The highest BCUT2D eigenvalue weighted by Crippen LogP contribution is 2.30. The van der Waals surface area contributed by atoms with Crippen LogP contribution in [-0.2, 0) is 11.2 Å². The number of hydrogen-bond acceptors (Lipinski definition) is 3. The predicted octanol–water partition coefficient (Wildman–Crippen LogP) is 2.62. The molecule has 1 heterocycles. The van der Waals surface area contributed by atoms with Gasteiger partial charge in [-0.15, -0.1) is 0 Å². The Morgan fingerprint density at radius 1 is 1.17 bits per heavy atom. The van der Waals surface area contributed by atoms with Crippen molar-refractivity contribution in [3.63, 3.8) is 0 Å².